The molecule has 156 valence electrons. The van der Waals surface area contributed by atoms with E-state index < -0.39 is 0 Å². The first-order valence-electron chi connectivity index (χ1n) is 9.46. The number of anilines is 1. The zero-order valence-corrected chi connectivity index (χ0v) is 18.1. The molecule has 8 heteroatoms. The van der Waals surface area contributed by atoms with E-state index in [-0.39, 0.29) is 30.6 Å². The van der Waals surface area contributed by atoms with Crippen molar-refractivity contribution in [1.82, 2.24) is 14.5 Å². The molecule has 0 atom stereocenters. The number of halogens is 2. The highest BCUT2D eigenvalue weighted by molar-refractivity contribution is 7.22. The zero-order chi connectivity index (χ0) is 20.2. The summed E-state index contributed by atoms with van der Waals surface area (Å²) in [6.07, 6.45) is 6.41. The smallest absolute Gasteiger partial charge is 0.233 e. The molecule has 4 rings (SSSR count). The van der Waals surface area contributed by atoms with Crippen LogP contribution in [0, 0.1) is 12.7 Å². The molecule has 30 heavy (non-hydrogen) atoms. The van der Waals surface area contributed by atoms with E-state index in [0.29, 0.717) is 11.7 Å². The van der Waals surface area contributed by atoms with Gasteiger partial charge < -0.3 is 4.57 Å². The number of nitrogens with zero attached hydrogens (tertiary/aromatic N) is 4. The van der Waals surface area contributed by atoms with Gasteiger partial charge in [0.15, 0.2) is 5.13 Å². The fraction of sp³-hybridized carbons (Fsp3) is 0.227. The van der Waals surface area contributed by atoms with Crippen LogP contribution in [0.25, 0.3) is 10.2 Å². The molecule has 2 aromatic carbocycles. The van der Waals surface area contributed by atoms with Gasteiger partial charge >= 0.3 is 0 Å². The number of amides is 1. The van der Waals surface area contributed by atoms with Gasteiger partial charge in [0.05, 0.1) is 23.0 Å². The van der Waals surface area contributed by atoms with Crippen LogP contribution in [0.1, 0.15) is 17.5 Å². The van der Waals surface area contributed by atoms with Crippen LogP contribution in [0.2, 0.25) is 0 Å². The minimum absolute atomic E-state index is 0. The van der Waals surface area contributed by atoms with Crippen molar-refractivity contribution in [2.45, 2.75) is 26.3 Å². The zero-order valence-electron chi connectivity index (χ0n) is 16.5. The second kappa shape index (κ2) is 9.82. The monoisotopic (exact) mass is 444 g/mol. The minimum atomic E-state index is -0.306. The fourth-order valence-electron chi connectivity index (χ4n) is 3.16. The molecule has 0 radical (unpaired) electrons. The average Bonchev–Trinajstić information content (AvgIpc) is 3.36. The van der Waals surface area contributed by atoms with E-state index in [0.717, 1.165) is 34.3 Å². The van der Waals surface area contributed by atoms with Crippen molar-refractivity contribution in [3.8, 4) is 0 Å². The van der Waals surface area contributed by atoms with E-state index >= 15 is 0 Å². The first-order chi connectivity index (χ1) is 14.1. The van der Waals surface area contributed by atoms with Crippen LogP contribution in [0.4, 0.5) is 9.52 Å². The topological polar surface area (TPSA) is 51.0 Å². The van der Waals surface area contributed by atoms with Gasteiger partial charge in [0.1, 0.15) is 5.82 Å². The van der Waals surface area contributed by atoms with Gasteiger partial charge in [-0.2, -0.15) is 0 Å². The summed E-state index contributed by atoms with van der Waals surface area (Å²) in [4.78, 5) is 23.6. The van der Waals surface area contributed by atoms with Crippen LogP contribution < -0.4 is 4.90 Å². The Kier molecular flexibility index (Phi) is 7.18. The largest absolute Gasteiger partial charge is 0.337 e. The molecule has 1 amide bonds. The van der Waals surface area contributed by atoms with Crippen molar-refractivity contribution in [2.24, 2.45) is 0 Å². The van der Waals surface area contributed by atoms with Gasteiger partial charge in [0.25, 0.3) is 0 Å². The predicted octanol–water partition coefficient (Wildman–Crippen LogP) is 5.03. The number of hydrogen-bond acceptors (Lipinski definition) is 4. The van der Waals surface area contributed by atoms with Crippen LogP contribution in [0.5, 0.6) is 0 Å². The number of fused-ring (bicyclic) bond motifs is 1. The van der Waals surface area contributed by atoms with E-state index in [9.17, 15) is 9.18 Å². The molecule has 0 saturated carbocycles. The van der Waals surface area contributed by atoms with Crippen molar-refractivity contribution in [1.29, 1.82) is 0 Å². The number of imidazole rings is 1. The highest BCUT2D eigenvalue weighted by atomic mass is 35.5. The Morgan fingerprint density at radius 3 is 2.73 bits per heavy atom. The molecule has 0 aliphatic rings. The van der Waals surface area contributed by atoms with Gasteiger partial charge in [-0.3, -0.25) is 9.69 Å². The molecule has 2 heterocycles. The van der Waals surface area contributed by atoms with Crippen molar-refractivity contribution in [3.05, 3.63) is 78.1 Å². The Hall–Kier alpha value is -2.77. The first-order valence-corrected chi connectivity index (χ1v) is 10.3. The van der Waals surface area contributed by atoms with Crippen molar-refractivity contribution >= 4 is 45.0 Å². The molecule has 5 nitrogen and oxygen atoms in total. The van der Waals surface area contributed by atoms with E-state index in [1.807, 2.05) is 29.8 Å². The van der Waals surface area contributed by atoms with Crippen LogP contribution in [-0.2, 0) is 17.8 Å². The lowest BCUT2D eigenvalue weighted by Crippen LogP contribution is -2.33. The molecule has 0 fully saturated rings. The molecule has 0 saturated heterocycles. The van der Waals surface area contributed by atoms with Gasteiger partial charge in [0.2, 0.25) is 5.91 Å². The number of rotatable bonds is 7. The van der Waals surface area contributed by atoms with E-state index in [1.165, 1.54) is 23.5 Å². The summed E-state index contributed by atoms with van der Waals surface area (Å²) < 4.78 is 16.2. The third-order valence-corrected chi connectivity index (χ3v) is 5.73. The predicted molar refractivity (Wildman–Crippen MR) is 121 cm³/mol. The van der Waals surface area contributed by atoms with Crippen molar-refractivity contribution in [3.63, 3.8) is 0 Å². The number of thiazole rings is 1. The molecule has 0 aliphatic carbocycles. The van der Waals surface area contributed by atoms with Gasteiger partial charge in [-0.25, -0.2) is 14.4 Å². The maximum atomic E-state index is 13.2. The molecule has 0 N–H and O–H groups in total. The summed E-state index contributed by atoms with van der Waals surface area (Å²) in [5.41, 5.74) is 2.84. The van der Waals surface area contributed by atoms with Gasteiger partial charge in [0, 0.05) is 25.5 Å². The number of hydrogen-bond donors (Lipinski definition) is 0. The second-order valence-electron chi connectivity index (χ2n) is 6.97. The number of carbonyl (C=O) groups is 1. The van der Waals surface area contributed by atoms with Gasteiger partial charge in [-0.05, 0) is 48.7 Å². The van der Waals surface area contributed by atoms with Crippen LogP contribution in [0.15, 0.2) is 61.2 Å². The van der Waals surface area contributed by atoms with Crippen molar-refractivity contribution in [2.75, 3.05) is 11.4 Å². The van der Waals surface area contributed by atoms with Crippen LogP contribution in [0.3, 0.4) is 0 Å². The quantitative estimate of drug-likeness (QED) is 0.401. The third kappa shape index (κ3) is 5.23. The summed E-state index contributed by atoms with van der Waals surface area (Å²) in [5, 5.41) is 0.698. The third-order valence-electron chi connectivity index (χ3n) is 4.69. The molecule has 4 aromatic rings. The average molecular weight is 445 g/mol. The summed E-state index contributed by atoms with van der Waals surface area (Å²) in [7, 11) is 0. The maximum absolute atomic E-state index is 13.2. The van der Waals surface area contributed by atoms with Gasteiger partial charge in [-0.15, -0.1) is 12.4 Å². The second-order valence-corrected chi connectivity index (χ2v) is 7.98. The lowest BCUT2D eigenvalue weighted by molar-refractivity contribution is -0.118. The van der Waals surface area contributed by atoms with Crippen molar-refractivity contribution < 1.29 is 9.18 Å². The molecule has 0 spiro atoms. The number of benzene rings is 2. The maximum Gasteiger partial charge on any atom is 0.233 e. The Morgan fingerprint density at radius 1 is 1.20 bits per heavy atom. The number of aryl methyl sites for hydroxylation is 2. The highest BCUT2D eigenvalue weighted by Crippen LogP contribution is 2.30. The summed E-state index contributed by atoms with van der Waals surface area (Å²) in [6, 6.07) is 12.2. The molecular formula is C22H22ClFN4OS. The van der Waals surface area contributed by atoms with Crippen LogP contribution >= 0.6 is 23.7 Å². The lowest BCUT2D eigenvalue weighted by Gasteiger charge is -2.20. The number of aromatic nitrogens is 3. The molecule has 0 aliphatic heterocycles. The molecule has 0 unspecified atom stereocenters. The van der Waals surface area contributed by atoms with Crippen LogP contribution in [-0.4, -0.2) is 27.0 Å². The normalized spacial score (nSPS) is 10.7. The molecular weight excluding hydrogens is 423 g/mol. The Balaban J connectivity index is 0.00000256. The van der Waals surface area contributed by atoms with Gasteiger partial charge in [-0.1, -0.05) is 29.5 Å². The molecule has 0 bridgehead atoms. The van der Waals surface area contributed by atoms with E-state index in [2.05, 4.69) is 11.1 Å². The summed E-state index contributed by atoms with van der Waals surface area (Å²) in [6.45, 7) is 3.36. The summed E-state index contributed by atoms with van der Waals surface area (Å²) in [5.74, 6) is -0.349. The standard InChI is InChI=1S/C22H21FN4OS.ClH/c1-16-3-8-19-20(13-16)29-22(25-19)27(11-2-10-26-12-9-24-15-26)21(28)14-17-4-6-18(23)7-5-17;/h3-9,12-13,15H,2,10-11,14H2,1H3;1H. The Bertz CT molecular complexity index is 1110. The first kappa shape index (κ1) is 21.9. The lowest BCUT2D eigenvalue weighted by atomic mass is 10.1. The Morgan fingerprint density at radius 2 is 2.00 bits per heavy atom. The van der Waals surface area contributed by atoms with E-state index in [4.69, 9.17) is 4.98 Å². The fourth-order valence-corrected chi connectivity index (χ4v) is 4.27. The van der Waals surface area contributed by atoms with E-state index in [1.54, 1.807) is 29.6 Å². The Labute approximate surface area is 184 Å². The minimum Gasteiger partial charge on any atom is -0.337 e. The SMILES string of the molecule is Cc1ccc2nc(N(CCCn3ccnc3)C(=O)Cc3ccc(F)cc3)sc2c1.Cl. The highest BCUT2D eigenvalue weighted by Gasteiger charge is 2.20. The summed E-state index contributed by atoms with van der Waals surface area (Å²) >= 11 is 1.52. The number of carbonyl (C=O) groups excluding carboxylic acids is 1. The molecule has 2 aromatic heterocycles.